The Labute approximate surface area is 130 Å². The van der Waals surface area contributed by atoms with Gasteiger partial charge in [-0.15, -0.1) is 0 Å². The number of nitrogens with zero attached hydrogens (tertiary/aromatic N) is 1. The molecule has 0 aliphatic heterocycles. The van der Waals surface area contributed by atoms with Gasteiger partial charge in [-0.2, -0.15) is 5.10 Å². The zero-order valence-corrected chi connectivity index (χ0v) is 12.5. The number of benzene rings is 2. The van der Waals surface area contributed by atoms with Crippen LogP contribution >= 0.6 is 0 Å². The highest BCUT2D eigenvalue weighted by atomic mass is 16.2. The lowest BCUT2D eigenvalue weighted by molar-refractivity contribution is 0.0956. The normalized spacial score (nSPS) is 26.8. The Bertz CT molecular complexity index is 732. The molecule has 22 heavy (non-hydrogen) atoms. The molecule has 2 aromatic rings. The van der Waals surface area contributed by atoms with Crippen molar-refractivity contribution >= 4 is 22.9 Å². The van der Waals surface area contributed by atoms with Crippen LogP contribution in [0, 0.1) is 17.8 Å². The molecule has 0 radical (unpaired) electrons. The molecule has 1 amide bonds. The molecule has 3 atom stereocenters. The minimum absolute atomic E-state index is 0.129. The van der Waals surface area contributed by atoms with Crippen LogP contribution in [0.15, 0.2) is 47.6 Å². The number of amides is 1. The second-order valence-corrected chi connectivity index (χ2v) is 6.58. The fraction of sp³-hybridized carbons (Fsp3) is 0.368. The van der Waals surface area contributed by atoms with E-state index in [1.165, 1.54) is 25.7 Å². The highest BCUT2D eigenvalue weighted by Crippen LogP contribution is 2.47. The zero-order valence-electron chi connectivity index (χ0n) is 12.5. The van der Waals surface area contributed by atoms with E-state index in [0.29, 0.717) is 11.5 Å². The fourth-order valence-corrected chi connectivity index (χ4v) is 4.15. The van der Waals surface area contributed by atoms with Gasteiger partial charge in [0.15, 0.2) is 0 Å². The highest BCUT2D eigenvalue weighted by Gasteiger charge is 2.38. The van der Waals surface area contributed by atoms with E-state index in [9.17, 15) is 4.79 Å². The minimum Gasteiger partial charge on any atom is -0.267 e. The van der Waals surface area contributed by atoms with Crippen LogP contribution in [0.4, 0.5) is 0 Å². The van der Waals surface area contributed by atoms with Crippen molar-refractivity contribution < 1.29 is 4.79 Å². The number of fused-ring (bicyclic) bond motifs is 3. The van der Waals surface area contributed by atoms with Crippen molar-refractivity contribution in [2.45, 2.75) is 25.7 Å². The largest absolute Gasteiger partial charge is 0.271 e. The maximum atomic E-state index is 12.4. The number of hydrogen-bond acceptors (Lipinski definition) is 2. The minimum atomic E-state index is -0.129. The summed E-state index contributed by atoms with van der Waals surface area (Å²) in [5.41, 5.74) is 3.39. The molecule has 3 nitrogen and oxygen atoms in total. The van der Waals surface area contributed by atoms with Gasteiger partial charge in [0, 0.05) is 11.8 Å². The lowest BCUT2D eigenvalue weighted by Crippen LogP contribution is -2.20. The van der Waals surface area contributed by atoms with Gasteiger partial charge in [-0.05, 0) is 53.9 Å². The summed E-state index contributed by atoms with van der Waals surface area (Å²) in [6.07, 6.45) is 7.29. The quantitative estimate of drug-likeness (QED) is 0.674. The summed E-state index contributed by atoms with van der Waals surface area (Å²) < 4.78 is 0. The summed E-state index contributed by atoms with van der Waals surface area (Å²) in [6.45, 7) is 0. The predicted molar refractivity (Wildman–Crippen MR) is 88.8 cm³/mol. The molecular weight excluding hydrogens is 272 g/mol. The molecule has 2 saturated carbocycles. The van der Waals surface area contributed by atoms with E-state index < -0.39 is 0 Å². The average molecular weight is 292 g/mol. The van der Waals surface area contributed by atoms with Gasteiger partial charge in [-0.25, -0.2) is 5.43 Å². The first-order valence-corrected chi connectivity index (χ1v) is 8.12. The Hall–Kier alpha value is -2.16. The van der Waals surface area contributed by atoms with E-state index in [-0.39, 0.29) is 5.91 Å². The standard InChI is InChI=1S/C19H20N2O/c22-19(18-7-3-5-14-4-1-2-6-17(14)18)21-20-12-16-11-13-8-9-15(16)10-13/h1-7,12-13,15-16H,8-11H2,(H,21,22)/b20-12-/t13-,15-,16-/m1/s1. The molecule has 2 aliphatic carbocycles. The molecule has 112 valence electrons. The van der Waals surface area contributed by atoms with Gasteiger partial charge < -0.3 is 0 Å². The molecule has 0 saturated heterocycles. The Kier molecular flexibility index (Phi) is 3.41. The van der Waals surface area contributed by atoms with Gasteiger partial charge in [0.2, 0.25) is 0 Å². The second kappa shape index (κ2) is 5.56. The Morgan fingerprint density at radius 3 is 2.77 bits per heavy atom. The first-order valence-electron chi connectivity index (χ1n) is 8.12. The summed E-state index contributed by atoms with van der Waals surface area (Å²) in [5.74, 6) is 2.13. The van der Waals surface area contributed by atoms with Crippen LogP contribution in [-0.4, -0.2) is 12.1 Å². The second-order valence-electron chi connectivity index (χ2n) is 6.58. The third kappa shape index (κ3) is 2.41. The van der Waals surface area contributed by atoms with Crippen molar-refractivity contribution in [1.82, 2.24) is 5.43 Å². The molecule has 0 aromatic heterocycles. The molecule has 2 aliphatic rings. The Morgan fingerprint density at radius 2 is 1.95 bits per heavy atom. The van der Waals surface area contributed by atoms with E-state index in [1.54, 1.807) is 0 Å². The molecule has 3 heteroatoms. The number of carbonyl (C=O) groups is 1. The smallest absolute Gasteiger partial charge is 0.267 e. The number of hydrogen-bond donors (Lipinski definition) is 1. The zero-order chi connectivity index (χ0) is 14.9. The number of hydrazone groups is 1. The van der Waals surface area contributed by atoms with Crippen molar-refractivity contribution in [3.05, 3.63) is 48.0 Å². The van der Waals surface area contributed by atoms with Crippen LogP contribution in [0.2, 0.25) is 0 Å². The summed E-state index contributed by atoms with van der Waals surface area (Å²) >= 11 is 0. The predicted octanol–water partition coefficient (Wildman–Crippen LogP) is 3.99. The topological polar surface area (TPSA) is 41.5 Å². The summed E-state index contributed by atoms with van der Waals surface area (Å²) in [5, 5.41) is 6.28. The van der Waals surface area contributed by atoms with Crippen molar-refractivity contribution in [1.29, 1.82) is 0 Å². The molecule has 2 aromatic carbocycles. The van der Waals surface area contributed by atoms with Crippen LogP contribution in [0.3, 0.4) is 0 Å². The van der Waals surface area contributed by atoms with E-state index in [1.807, 2.05) is 48.7 Å². The van der Waals surface area contributed by atoms with Crippen LogP contribution in [0.1, 0.15) is 36.0 Å². The molecular formula is C19H20N2O. The Balaban J connectivity index is 1.47. The SMILES string of the molecule is O=C(N/N=C\[C@H]1C[C@@H]2CC[C@@H]1C2)c1cccc2ccccc12. The van der Waals surface area contributed by atoms with Crippen molar-refractivity contribution in [3.63, 3.8) is 0 Å². The maximum Gasteiger partial charge on any atom is 0.271 e. The van der Waals surface area contributed by atoms with Crippen LogP contribution < -0.4 is 5.43 Å². The molecule has 0 spiro atoms. The van der Waals surface area contributed by atoms with E-state index in [2.05, 4.69) is 10.5 Å². The van der Waals surface area contributed by atoms with Gasteiger partial charge in [0.25, 0.3) is 5.91 Å². The lowest BCUT2D eigenvalue weighted by Gasteiger charge is -2.16. The summed E-state index contributed by atoms with van der Waals surface area (Å²) in [7, 11) is 0. The van der Waals surface area contributed by atoms with Crippen molar-refractivity contribution in [2.75, 3.05) is 0 Å². The molecule has 2 bridgehead atoms. The van der Waals surface area contributed by atoms with Gasteiger partial charge in [-0.1, -0.05) is 42.8 Å². The molecule has 0 unspecified atom stereocenters. The van der Waals surface area contributed by atoms with Gasteiger partial charge in [-0.3, -0.25) is 4.79 Å². The average Bonchev–Trinajstić information content (AvgIpc) is 3.17. The number of carbonyl (C=O) groups excluding carboxylic acids is 1. The summed E-state index contributed by atoms with van der Waals surface area (Å²) in [6, 6.07) is 13.7. The van der Waals surface area contributed by atoms with Gasteiger partial charge in [0.1, 0.15) is 0 Å². The Morgan fingerprint density at radius 1 is 1.09 bits per heavy atom. The molecule has 0 heterocycles. The fourth-order valence-electron chi connectivity index (χ4n) is 4.15. The molecule has 1 N–H and O–H groups in total. The summed E-state index contributed by atoms with van der Waals surface area (Å²) in [4.78, 5) is 12.4. The first-order chi connectivity index (χ1) is 10.8. The van der Waals surface area contributed by atoms with Gasteiger partial charge in [0.05, 0.1) is 0 Å². The van der Waals surface area contributed by atoms with Crippen LogP contribution in [0.5, 0.6) is 0 Å². The third-order valence-electron chi connectivity index (χ3n) is 5.26. The highest BCUT2D eigenvalue weighted by molar-refractivity contribution is 6.07. The van der Waals surface area contributed by atoms with Crippen molar-refractivity contribution in [3.8, 4) is 0 Å². The van der Waals surface area contributed by atoms with Crippen molar-refractivity contribution in [2.24, 2.45) is 22.9 Å². The number of rotatable bonds is 3. The lowest BCUT2D eigenvalue weighted by atomic mass is 9.90. The van der Waals surface area contributed by atoms with E-state index in [4.69, 9.17) is 0 Å². The van der Waals surface area contributed by atoms with E-state index in [0.717, 1.165) is 22.6 Å². The molecule has 4 rings (SSSR count). The van der Waals surface area contributed by atoms with E-state index >= 15 is 0 Å². The monoisotopic (exact) mass is 292 g/mol. The number of nitrogens with one attached hydrogen (secondary N) is 1. The van der Waals surface area contributed by atoms with Crippen LogP contribution in [0.25, 0.3) is 10.8 Å². The van der Waals surface area contributed by atoms with Gasteiger partial charge >= 0.3 is 0 Å². The first kappa shape index (κ1) is 13.5. The van der Waals surface area contributed by atoms with Crippen LogP contribution in [-0.2, 0) is 0 Å². The third-order valence-corrected chi connectivity index (χ3v) is 5.26. The maximum absolute atomic E-state index is 12.4. The molecule has 2 fully saturated rings.